The first-order chi connectivity index (χ1) is 19.9. The number of carbonyl (C=O) groups excluding carboxylic acids is 2. The van der Waals surface area contributed by atoms with Crippen molar-refractivity contribution in [1.29, 1.82) is 0 Å². The number of nitrogens with one attached hydrogen (secondary N) is 1. The molecule has 2 aliphatic rings. The predicted molar refractivity (Wildman–Crippen MR) is 154 cm³/mol. The number of amides is 2. The molecule has 0 radical (unpaired) electrons. The Balaban J connectivity index is 1.31. The lowest BCUT2D eigenvalue weighted by atomic mass is 9.98. The number of alkyl carbamates (subject to hydrolysis) is 1. The summed E-state index contributed by atoms with van der Waals surface area (Å²) in [6, 6.07) is 24.2. The van der Waals surface area contributed by atoms with Crippen molar-refractivity contribution in [3.63, 3.8) is 0 Å². The van der Waals surface area contributed by atoms with Crippen LogP contribution in [0.15, 0.2) is 78.9 Å². The number of hydrogen-bond acceptors (Lipinski definition) is 5. The van der Waals surface area contributed by atoms with Crippen molar-refractivity contribution >= 4 is 18.0 Å². The van der Waals surface area contributed by atoms with Gasteiger partial charge in [0.05, 0.1) is 18.6 Å². The van der Waals surface area contributed by atoms with Gasteiger partial charge in [0.25, 0.3) is 0 Å². The molecule has 0 bridgehead atoms. The number of carboxylic acid groups (broad SMARTS) is 1. The highest BCUT2D eigenvalue weighted by molar-refractivity contribution is 5.88. The molecule has 0 spiro atoms. The van der Waals surface area contributed by atoms with E-state index in [2.05, 4.69) is 17.4 Å². The first kappa shape index (κ1) is 28.4. The van der Waals surface area contributed by atoms with Crippen molar-refractivity contribution in [1.82, 2.24) is 10.2 Å². The monoisotopic (exact) mass is 556 g/mol. The largest absolute Gasteiger partial charge is 0.481 e. The van der Waals surface area contributed by atoms with Crippen molar-refractivity contribution in [3.8, 4) is 11.1 Å². The zero-order valence-corrected chi connectivity index (χ0v) is 23.4. The van der Waals surface area contributed by atoms with E-state index in [9.17, 15) is 19.5 Å². The number of carbonyl (C=O) groups is 3. The Bertz CT molecular complexity index is 1350. The minimum atomic E-state index is -1.05. The van der Waals surface area contributed by atoms with Gasteiger partial charge in [-0.3, -0.25) is 9.59 Å². The van der Waals surface area contributed by atoms with Gasteiger partial charge in [-0.05, 0) is 47.6 Å². The highest BCUT2D eigenvalue weighted by Crippen LogP contribution is 2.44. The van der Waals surface area contributed by atoms with Gasteiger partial charge in [-0.15, -0.1) is 0 Å². The number of ether oxygens (including phenoxy) is 2. The van der Waals surface area contributed by atoms with Gasteiger partial charge in [-0.2, -0.15) is 0 Å². The number of rotatable bonds is 10. The Kier molecular flexibility index (Phi) is 8.69. The van der Waals surface area contributed by atoms with Crippen molar-refractivity contribution in [2.24, 2.45) is 5.92 Å². The van der Waals surface area contributed by atoms with E-state index < -0.39 is 36.2 Å². The lowest BCUT2D eigenvalue weighted by Gasteiger charge is -2.32. The van der Waals surface area contributed by atoms with Crippen LogP contribution in [-0.4, -0.2) is 59.3 Å². The summed E-state index contributed by atoms with van der Waals surface area (Å²) in [4.78, 5) is 40.4. The molecule has 8 heteroatoms. The molecule has 2 N–H and O–H groups in total. The van der Waals surface area contributed by atoms with Crippen molar-refractivity contribution in [2.75, 3.05) is 13.2 Å². The molecule has 2 unspecified atom stereocenters. The van der Waals surface area contributed by atoms with Crippen LogP contribution in [0.4, 0.5) is 4.79 Å². The van der Waals surface area contributed by atoms with Gasteiger partial charge in [0, 0.05) is 18.5 Å². The maximum absolute atomic E-state index is 13.8. The summed E-state index contributed by atoms with van der Waals surface area (Å²) in [7, 11) is 0. The van der Waals surface area contributed by atoms with Crippen molar-refractivity contribution in [2.45, 2.75) is 57.4 Å². The SMILES string of the molecule is CCC1C(C(=O)O)CCN1C(=O)[C@H](NC(=O)OCC1c2ccccc2-c2ccccc21)[C@H](C)OCc1ccccc1. The van der Waals surface area contributed by atoms with E-state index in [1.807, 2.05) is 73.7 Å². The van der Waals surface area contributed by atoms with E-state index in [-0.39, 0.29) is 25.0 Å². The van der Waals surface area contributed by atoms with Crippen LogP contribution in [0.25, 0.3) is 11.1 Å². The van der Waals surface area contributed by atoms with E-state index in [0.717, 1.165) is 27.8 Å². The topological polar surface area (TPSA) is 105 Å². The summed E-state index contributed by atoms with van der Waals surface area (Å²) in [5.41, 5.74) is 5.37. The highest BCUT2D eigenvalue weighted by Gasteiger charge is 2.43. The molecule has 1 heterocycles. The number of hydrogen-bond donors (Lipinski definition) is 2. The molecule has 1 aliphatic carbocycles. The molecule has 5 rings (SSSR count). The van der Waals surface area contributed by atoms with Crippen molar-refractivity contribution < 1.29 is 29.0 Å². The van der Waals surface area contributed by atoms with Crippen LogP contribution in [0.1, 0.15) is 49.3 Å². The highest BCUT2D eigenvalue weighted by atomic mass is 16.5. The second-order valence-electron chi connectivity index (χ2n) is 10.7. The third-order valence-electron chi connectivity index (χ3n) is 8.27. The summed E-state index contributed by atoms with van der Waals surface area (Å²) >= 11 is 0. The quantitative estimate of drug-likeness (QED) is 0.355. The Morgan fingerprint density at radius 1 is 0.951 bits per heavy atom. The normalized spacial score (nSPS) is 19.2. The van der Waals surface area contributed by atoms with E-state index >= 15 is 0 Å². The Hall–Kier alpha value is -4.17. The van der Waals surface area contributed by atoms with E-state index in [0.29, 0.717) is 19.4 Å². The molecule has 4 atom stereocenters. The zero-order valence-electron chi connectivity index (χ0n) is 23.4. The number of carboxylic acids is 1. The van der Waals surface area contributed by atoms with Crippen molar-refractivity contribution in [3.05, 3.63) is 95.6 Å². The van der Waals surface area contributed by atoms with Gasteiger partial charge in [-0.25, -0.2) is 4.79 Å². The van der Waals surface area contributed by atoms with Gasteiger partial charge < -0.3 is 24.8 Å². The zero-order chi connectivity index (χ0) is 28.9. The molecule has 8 nitrogen and oxygen atoms in total. The molecule has 214 valence electrons. The Labute approximate surface area is 240 Å². The first-order valence-corrected chi connectivity index (χ1v) is 14.2. The third-order valence-corrected chi connectivity index (χ3v) is 8.27. The maximum Gasteiger partial charge on any atom is 0.407 e. The van der Waals surface area contributed by atoms with Crippen LogP contribution in [0.3, 0.4) is 0 Å². The van der Waals surface area contributed by atoms with Crippen LogP contribution in [-0.2, 0) is 25.7 Å². The average molecular weight is 557 g/mol. The van der Waals surface area contributed by atoms with Crippen LogP contribution in [0, 0.1) is 5.92 Å². The Morgan fingerprint density at radius 3 is 2.17 bits per heavy atom. The second kappa shape index (κ2) is 12.6. The summed E-state index contributed by atoms with van der Waals surface area (Å²) in [6.45, 7) is 4.29. The van der Waals surface area contributed by atoms with Crippen LogP contribution in [0.2, 0.25) is 0 Å². The van der Waals surface area contributed by atoms with Gasteiger partial charge >= 0.3 is 12.1 Å². The number of aliphatic carboxylic acids is 1. The lowest BCUT2D eigenvalue weighted by molar-refractivity contribution is -0.144. The first-order valence-electron chi connectivity index (χ1n) is 14.2. The minimum Gasteiger partial charge on any atom is -0.481 e. The van der Waals surface area contributed by atoms with Gasteiger partial charge in [0.1, 0.15) is 12.6 Å². The molecular formula is C33H36N2O6. The standard InChI is InChI=1S/C33H36N2O6/c1-3-29-27(32(37)38)17-18-35(29)31(36)30(21(2)40-19-22-11-5-4-6-12-22)34-33(39)41-20-28-25-15-9-7-13-23(25)24-14-8-10-16-26(24)28/h4-16,21,27-30H,3,17-20H2,1-2H3,(H,34,39)(H,37,38)/t21-,27?,29?,30+/m0/s1. The molecule has 2 amide bonds. The average Bonchev–Trinajstić information content (AvgIpc) is 3.57. The Morgan fingerprint density at radius 2 is 1.56 bits per heavy atom. The molecule has 0 aromatic heterocycles. The van der Waals surface area contributed by atoms with Crippen LogP contribution >= 0.6 is 0 Å². The minimum absolute atomic E-state index is 0.114. The summed E-state index contributed by atoms with van der Waals surface area (Å²) in [5, 5.41) is 12.4. The molecule has 3 aromatic carbocycles. The van der Waals surface area contributed by atoms with Crippen LogP contribution in [0.5, 0.6) is 0 Å². The molecular weight excluding hydrogens is 520 g/mol. The van der Waals surface area contributed by atoms with Gasteiger partial charge in [0.2, 0.25) is 5.91 Å². The number of likely N-dealkylation sites (tertiary alicyclic amines) is 1. The van der Waals surface area contributed by atoms with Crippen LogP contribution < -0.4 is 5.32 Å². The number of benzene rings is 3. The lowest BCUT2D eigenvalue weighted by Crippen LogP contribution is -2.56. The molecule has 0 saturated carbocycles. The predicted octanol–water partition coefficient (Wildman–Crippen LogP) is 5.21. The fourth-order valence-corrected chi connectivity index (χ4v) is 6.14. The van der Waals surface area contributed by atoms with Gasteiger partial charge in [0.15, 0.2) is 0 Å². The molecule has 1 saturated heterocycles. The van der Waals surface area contributed by atoms with E-state index in [4.69, 9.17) is 9.47 Å². The molecule has 1 fully saturated rings. The fraction of sp³-hybridized carbons (Fsp3) is 0.364. The summed E-state index contributed by atoms with van der Waals surface area (Å²) in [6.07, 6.45) is -0.539. The van der Waals surface area contributed by atoms with E-state index in [1.165, 1.54) is 0 Å². The second-order valence-corrected chi connectivity index (χ2v) is 10.7. The third kappa shape index (κ3) is 5.98. The summed E-state index contributed by atoms with van der Waals surface area (Å²) < 4.78 is 11.8. The molecule has 1 aliphatic heterocycles. The van der Waals surface area contributed by atoms with Gasteiger partial charge in [-0.1, -0.05) is 85.8 Å². The summed E-state index contributed by atoms with van der Waals surface area (Å²) in [5.74, 6) is -2.04. The fourth-order valence-electron chi connectivity index (χ4n) is 6.14. The smallest absolute Gasteiger partial charge is 0.407 e. The molecule has 3 aromatic rings. The number of fused-ring (bicyclic) bond motifs is 3. The number of nitrogens with zero attached hydrogens (tertiary/aromatic N) is 1. The molecule has 41 heavy (non-hydrogen) atoms. The maximum atomic E-state index is 13.8. The van der Waals surface area contributed by atoms with E-state index in [1.54, 1.807) is 11.8 Å².